The molecular weight excluding hydrogens is 442 g/mol. The highest BCUT2D eigenvalue weighted by Gasteiger charge is 2.41. The topological polar surface area (TPSA) is 72.9 Å². The number of nitrogens with zero attached hydrogens (tertiary/aromatic N) is 1. The first kappa shape index (κ1) is 24.0. The lowest BCUT2D eigenvalue weighted by atomic mass is 9.90. The van der Waals surface area contributed by atoms with Gasteiger partial charge in [-0.05, 0) is 22.3 Å². The number of rotatable bonds is 7. The summed E-state index contributed by atoms with van der Waals surface area (Å²) in [4.78, 5) is 40.5. The number of hydrogen-bond acceptors (Lipinski definition) is 5. The summed E-state index contributed by atoms with van der Waals surface area (Å²) in [6, 6.07) is 27.5. The fourth-order valence-electron chi connectivity index (χ4n) is 4.31. The second-order valence-electron chi connectivity index (χ2n) is 8.36. The monoisotopic (exact) mass is 469 g/mol. The lowest BCUT2D eigenvalue weighted by molar-refractivity contribution is -0.151. The first-order valence-electron chi connectivity index (χ1n) is 11.4. The molecule has 1 atom stereocenters. The third-order valence-corrected chi connectivity index (χ3v) is 6.02. The van der Waals surface area contributed by atoms with Crippen molar-refractivity contribution in [3.05, 3.63) is 119 Å². The zero-order valence-corrected chi connectivity index (χ0v) is 19.5. The molecule has 0 saturated carbocycles. The molecule has 1 aliphatic rings. The van der Waals surface area contributed by atoms with Crippen LogP contribution in [0, 0.1) is 0 Å². The quantitative estimate of drug-likeness (QED) is 0.382. The molecule has 0 radical (unpaired) electrons. The third-order valence-electron chi connectivity index (χ3n) is 6.02. The van der Waals surface area contributed by atoms with Gasteiger partial charge in [0.15, 0.2) is 0 Å². The molecule has 1 fully saturated rings. The van der Waals surface area contributed by atoms with Crippen LogP contribution in [0.4, 0.5) is 0 Å². The van der Waals surface area contributed by atoms with Crippen molar-refractivity contribution in [1.29, 1.82) is 0 Å². The highest BCUT2D eigenvalue weighted by Crippen LogP contribution is 2.32. The average Bonchev–Trinajstić information content (AvgIpc) is 3.32. The van der Waals surface area contributed by atoms with E-state index in [1.165, 1.54) is 18.1 Å². The molecule has 4 rings (SSSR count). The molecule has 6 nitrogen and oxygen atoms in total. The molecule has 1 unspecified atom stereocenters. The van der Waals surface area contributed by atoms with Gasteiger partial charge in [0, 0.05) is 19.0 Å². The molecule has 6 heteroatoms. The van der Waals surface area contributed by atoms with Crippen molar-refractivity contribution < 1.29 is 23.9 Å². The summed E-state index contributed by atoms with van der Waals surface area (Å²) in [5, 5.41) is 0. The van der Waals surface area contributed by atoms with E-state index in [2.05, 4.69) is 0 Å². The van der Waals surface area contributed by atoms with E-state index in [-0.39, 0.29) is 25.5 Å². The van der Waals surface area contributed by atoms with Gasteiger partial charge in [0.2, 0.25) is 5.91 Å². The summed E-state index contributed by atoms with van der Waals surface area (Å²) in [6.45, 7) is 0.297. The van der Waals surface area contributed by atoms with Crippen LogP contribution in [0.15, 0.2) is 103 Å². The smallest absolute Gasteiger partial charge is 0.331 e. The Morgan fingerprint density at radius 3 is 1.97 bits per heavy atom. The highest BCUT2D eigenvalue weighted by atomic mass is 16.5. The number of hydrogen-bond donors (Lipinski definition) is 0. The lowest BCUT2D eigenvalue weighted by Crippen LogP contribution is -2.43. The van der Waals surface area contributed by atoms with Gasteiger partial charge in [0.1, 0.15) is 12.6 Å². The second-order valence-corrected chi connectivity index (χ2v) is 8.36. The van der Waals surface area contributed by atoms with Crippen molar-refractivity contribution in [2.24, 2.45) is 0 Å². The van der Waals surface area contributed by atoms with Crippen molar-refractivity contribution in [2.75, 3.05) is 13.7 Å². The maximum Gasteiger partial charge on any atom is 0.331 e. The van der Waals surface area contributed by atoms with Crippen LogP contribution in [0.1, 0.15) is 29.0 Å². The maximum absolute atomic E-state index is 13.9. The number of carbonyl (C=O) groups is 3. The molecule has 178 valence electrons. The Hall–Kier alpha value is -4.19. The van der Waals surface area contributed by atoms with E-state index >= 15 is 0 Å². The summed E-state index contributed by atoms with van der Waals surface area (Å²) in [7, 11) is 1.30. The van der Waals surface area contributed by atoms with E-state index in [9.17, 15) is 14.4 Å². The van der Waals surface area contributed by atoms with Gasteiger partial charge in [0.05, 0.1) is 13.0 Å². The van der Waals surface area contributed by atoms with Crippen LogP contribution >= 0.6 is 0 Å². The Labute approximate surface area is 204 Å². The number of ether oxygens (including phenoxy) is 2. The van der Waals surface area contributed by atoms with Gasteiger partial charge in [-0.15, -0.1) is 0 Å². The minimum Gasteiger partial charge on any atom is -0.467 e. The summed E-state index contributed by atoms with van der Waals surface area (Å²) in [5.74, 6) is -1.84. The fourth-order valence-corrected chi connectivity index (χ4v) is 4.31. The Balaban J connectivity index is 1.57. The van der Waals surface area contributed by atoms with E-state index < -0.39 is 23.9 Å². The number of likely N-dealkylation sites (tertiary alicyclic amines) is 1. The molecule has 1 saturated heterocycles. The average molecular weight is 470 g/mol. The molecule has 1 aliphatic heterocycles. The Bertz CT molecular complexity index is 1150. The van der Waals surface area contributed by atoms with Crippen molar-refractivity contribution in [3.63, 3.8) is 0 Å². The molecule has 0 bridgehead atoms. The summed E-state index contributed by atoms with van der Waals surface area (Å²) < 4.78 is 10.3. The summed E-state index contributed by atoms with van der Waals surface area (Å²) in [5.41, 5.74) is 3.18. The van der Waals surface area contributed by atoms with Crippen molar-refractivity contribution in [1.82, 2.24) is 4.90 Å². The van der Waals surface area contributed by atoms with Gasteiger partial charge in [-0.3, -0.25) is 4.79 Å². The minimum atomic E-state index is -0.810. The van der Waals surface area contributed by atoms with E-state index in [1.54, 1.807) is 0 Å². The largest absolute Gasteiger partial charge is 0.467 e. The zero-order chi connectivity index (χ0) is 24.6. The van der Waals surface area contributed by atoms with Crippen molar-refractivity contribution in [3.8, 4) is 0 Å². The van der Waals surface area contributed by atoms with Gasteiger partial charge in [-0.2, -0.15) is 0 Å². The van der Waals surface area contributed by atoms with E-state index in [0.29, 0.717) is 5.57 Å². The molecule has 0 spiro atoms. The van der Waals surface area contributed by atoms with Crippen LogP contribution in [-0.2, 0) is 30.5 Å². The Morgan fingerprint density at radius 2 is 1.43 bits per heavy atom. The van der Waals surface area contributed by atoms with Gasteiger partial charge in [-0.1, -0.05) is 91.0 Å². The van der Waals surface area contributed by atoms with Crippen LogP contribution in [0.5, 0.6) is 0 Å². The van der Waals surface area contributed by atoms with Crippen molar-refractivity contribution in [2.45, 2.75) is 25.0 Å². The molecule has 0 aromatic heterocycles. The number of carbonyl (C=O) groups excluding carboxylic acids is 3. The fraction of sp³-hybridized carbons (Fsp3) is 0.207. The highest BCUT2D eigenvalue weighted by molar-refractivity contribution is 5.93. The SMILES string of the molecule is COC(=O)C1C/C(=C/C(=O)OCc2ccccc2)CN1C(=O)C(c1ccccc1)c1ccccc1. The number of methoxy groups -OCH3 is 1. The third kappa shape index (κ3) is 5.84. The van der Waals surface area contributed by atoms with Crippen LogP contribution in [-0.4, -0.2) is 42.4 Å². The van der Waals surface area contributed by atoms with Gasteiger partial charge in [-0.25, -0.2) is 9.59 Å². The number of benzene rings is 3. The van der Waals surface area contributed by atoms with E-state index in [1.807, 2.05) is 91.0 Å². The molecule has 1 amide bonds. The molecule has 35 heavy (non-hydrogen) atoms. The molecule has 0 aliphatic carbocycles. The van der Waals surface area contributed by atoms with Crippen LogP contribution < -0.4 is 0 Å². The molecule has 1 heterocycles. The molecule has 0 N–H and O–H groups in total. The first-order valence-corrected chi connectivity index (χ1v) is 11.4. The van der Waals surface area contributed by atoms with Gasteiger partial charge >= 0.3 is 11.9 Å². The van der Waals surface area contributed by atoms with Crippen LogP contribution in [0.3, 0.4) is 0 Å². The number of amides is 1. The zero-order valence-electron chi connectivity index (χ0n) is 19.5. The van der Waals surface area contributed by atoms with Gasteiger partial charge in [0.25, 0.3) is 0 Å². The predicted molar refractivity (Wildman–Crippen MR) is 131 cm³/mol. The Morgan fingerprint density at radius 1 is 0.886 bits per heavy atom. The summed E-state index contributed by atoms with van der Waals surface area (Å²) >= 11 is 0. The predicted octanol–water partition coefficient (Wildman–Crippen LogP) is 4.26. The van der Waals surface area contributed by atoms with Gasteiger partial charge < -0.3 is 14.4 Å². The minimum absolute atomic E-state index is 0.148. The van der Waals surface area contributed by atoms with E-state index in [0.717, 1.165) is 16.7 Å². The molecule has 3 aromatic carbocycles. The lowest BCUT2D eigenvalue weighted by Gasteiger charge is -2.27. The second kappa shape index (κ2) is 11.3. The standard InChI is InChI=1S/C29H27NO5/c1-34-29(33)25-17-22(18-26(31)35-20-21-11-5-2-6-12-21)19-30(25)28(32)27(23-13-7-3-8-14-23)24-15-9-4-10-16-24/h2-16,18,25,27H,17,19-20H2,1H3/b22-18-. The normalized spacial score (nSPS) is 16.3. The Kier molecular flexibility index (Phi) is 7.73. The van der Waals surface area contributed by atoms with Crippen molar-refractivity contribution >= 4 is 17.8 Å². The first-order chi connectivity index (χ1) is 17.1. The molecule has 3 aromatic rings. The van der Waals surface area contributed by atoms with E-state index in [4.69, 9.17) is 9.47 Å². The number of esters is 2. The van der Waals surface area contributed by atoms with Crippen LogP contribution in [0.25, 0.3) is 0 Å². The summed E-state index contributed by atoms with van der Waals surface area (Å²) in [6.07, 6.45) is 1.60. The molecular formula is C29H27NO5. The maximum atomic E-state index is 13.9. The van der Waals surface area contributed by atoms with Crippen LogP contribution in [0.2, 0.25) is 0 Å².